The van der Waals surface area contributed by atoms with E-state index in [1.807, 2.05) is 42.5 Å². The fraction of sp³-hybridized carbons (Fsp3) is 0.276. The smallest absolute Gasteiger partial charge is 0.227 e. The molecule has 1 amide bonds. The molecule has 0 unspecified atom stereocenters. The van der Waals surface area contributed by atoms with Crippen molar-refractivity contribution in [3.05, 3.63) is 107 Å². The molecule has 0 bridgehead atoms. The predicted octanol–water partition coefficient (Wildman–Crippen LogP) is 5.50. The number of benzene rings is 3. The van der Waals surface area contributed by atoms with Gasteiger partial charge in [0.05, 0.1) is 19.1 Å². The summed E-state index contributed by atoms with van der Waals surface area (Å²) in [5, 5.41) is 11.1. The van der Waals surface area contributed by atoms with Crippen LogP contribution in [0.2, 0.25) is 0 Å². The summed E-state index contributed by atoms with van der Waals surface area (Å²) in [6, 6.07) is 20.4. The number of piperidine rings is 1. The molecule has 0 aromatic heterocycles. The highest BCUT2D eigenvalue weighted by Crippen LogP contribution is 2.33. The number of hydrogen-bond donors (Lipinski definition) is 1. The molecule has 182 valence electrons. The zero-order valence-electron chi connectivity index (χ0n) is 19.7. The van der Waals surface area contributed by atoms with Crippen LogP contribution >= 0.6 is 0 Å². The predicted molar refractivity (Wildman–Crippen MR) is 132 cm³/mol. The van der Waals surface area contributed by atoms with Gasteiger partial charge >= 0.3 is 0 Å². The maximum absolute atomic E-state index is 14.1. The van der Waals surface area contributed by atoms with E-state index in [0.717, 1.165) is 16.7 Å². The molecule has 3 aromatic rings. The summed E-state index contributed by atoms with van der Waals surface area (Å²) in [6.45, 7) is 0.830. The molecule has 1 N–H and O–H groups in total. The monoisotopic (exact) mass is 477 g/mol. The van der Waals surface area contributed by atoms with Gasteiger partial charge in [-0.3, -0.25) is 4.79 Å². The number of methoxy groups -OCH3 is 1. The van der Waals surface area contributed by atoms with Crippen molar-refractivity contribution in [1.29, 1.82) is 0 Å². The summed E-state index contributed by atoms with van der Waals surface area (Å²) < 4.78 is 32.4. The zero-order chi connectivity index (χ0) is 24.8. The van der Waals surface area contributed by atoms with Crippen LogP contribution in [0.3, 0.4) is 0 Å². The first-order valence-electron chi connectivity index (χ1n) is 11.7. The Balaban J connectivity index is 1.45. The molecular weight excluding hydrogens is 448 g/mol. The minimum Gasteiger partial charge on any atom is -0.494 e. The van der Waals surface area contributed by atoms with Crippen molar-refractivity contribution in [1.82, 2.24) is 4.90 Å². The van der Waals surface area contributed by atoms with Crippen molar-refractivity contribution >= 4 is 11.5 Å². The largest absolute Gasteiger partial charge is 0.494 e. The number of likely N-dealkylation sites (tertiary alicyclic amines) is 1. The van der Waals surface area contributed by atoms with Gasteiger partial charge in [-0.15, -0.1) is 0 Å². The Hall–Kier alpha value is -3.51. The highest BCUT2D eigenvalue weighted by atomic mass is 19.1. The second kappa shape index (κ2) is 10.8. The molecule has 6 heteroatoms. The summed E-state index contributed by atoms with van der Waals surface area (Å²) in [4.78, 5) is 15.0. The minimum absolute atomic E-state index is 0.0258. The number of ether oxygens (including phenoxy) is 1. The highest BCUT2D eigenvalue weighted by Gasteiger charge is 2.35. The number of halogens is 2. The van der Waals surface area contributed by atoms with Crippen LogP contribution in [0.5, 0.6) is 5.75 Å². The summed E-state index contributed by atoms with van der Waals surface area (Å²) in [6.07, 6.45) is 3.42. The molecule has 1 saturated heterocycles. The Morgan fingerprint density at radius 3 is 2.34 bits per heavy atom. The van der Waals surface area contributed by atoms with Gasteiger partial charge < -0.3 is 14.7 Å². The molecule has 1 aliphatic rings. The van der Waals surface area contributed by atoms with Gasteiger partial charge in [-0.2, -0.15) is 0 Å². The van der Waals surface area contributed by atoms with Gasteiger partial charge in [0, 0.05) is 13.1 Å². The molecule has 0 aliphatic carbocycles. The second-order valence-corrected chi connectivity index (χ2v) is 8.86. The number of aliphatic hydroxyl groups is 1. The van der Waals surface area contributed by atoms with Crippen LogP contribution < -0.4 is 4.74 Å². The molecule has 3 aromatic carbocycles. The van der Waals surface area contributed by atoms with E-state index in [9.17, 15) is 18.7 Å². The van der Waals surface area contributed by atoms with Gasteiger partial charge in [-0.05, 0) is 65.8 Å². The van der Waals surface area contributed by atoms with E-state index in [1.54, 1.807) is 23.1 Å². The quantitative estimate of drug-likeness (QED) is 0.489. The average Bonchev–Trinajstić information content (AvgIpc) is 2.87. The Labute approximate surface area is 204 Å². The summed E-state index contributed by atoms with van der Waals surface area (Å²) >= 11 is 0. The van der Waals surface area contributed by atoms with Crippen LogP contribution in [-0.2, 0) is 16.8 Å². The van der Waals surface area contributed by atoms with Crippen LogP contribution in [0.25, 0.3) is 5.57 Å². The molecule has 4 rings (SSSR count). The van der Waals surface area contributed by atoms with Gasteiger partial charge in [0.1, 0.15) is 5.82 Å². The first kappa shape index (κ1) is 24.6. The van der Waals surface area contributed by atoms with Gasteiger partial charge in [0.2, 0.25) is 5.91 Å². The van der Waals surface area contributed by atoms with Crippen LogP contribution in [0.1, 0.15) is 36.0 Å². The molecule has 4 nitrogen and oxygen atoms in total. The maximum atomic E-state index is 14.1. The number of hydrogen-bond acceptors (Lipinski definition) is 3. The zero-order valence-corrected chi connectivity index (χ0v) is 19.7. The van der Waals surface area contributed by atoms with Crippen LogP contribution in [0.4, 0.5) is 8.78 Å². The van der Waals surface area contributed by atoms with Gasteiger partial charge in [0.25, 0.3) is 0 Å². The van der Waals surface area contributed by atoms with Gasteiger partial charge in [-0.25, -0.2) is 8.78 Å². The van der Waals surface area contributed by atoms with Crippen LogP contribution in [0.15, 0.2) is 78.9 Å². The molecule has 1 aliphatic heterocycles. The van der Waals surface area contributed by atoms with Crippen LogP contribution in [0, 0.1) is 11.6 Å². The SMILES string of the molecule is COc1ccc(C/C=C(/CC(=O)N2CCC(O)(c3ccc(F)cc3)CC2)c2ccccc2)cc1F. The Morgan fingerprint density at radius 1 is 1.03 bits per heavy atom. The molecule has 1 heterocycles. The summed E-state index contributed by atoms with van der Waals surface area (Å²) in [7, 11) is 1.43. The Bertz CT molecular complexity index is 1180. The third kappa shape index (κ3) is 5.95. The standard InChI is InChI=1S/C29H29F2NO3/c1-35-27-14-8-21(19-26(27)31)7-9-23(22-5-3-2-4-6-22)20-28(33)32-17-15-29(34,16-18-32)24-10-12-25(30)13-11-24/h2-6,8-14,19,34H,7,15-18,20H2,1H3/b23-9-. The molecule has 0 atom stereocenters. The Kier molecular flexibility index (Phi) is 7.61. The molecular formula is C29H29F2NO3. The molecule has 0 spiro atoms. The van der Waals surface area contributed by atoms with E-state index in [4.69, 9.17) is 4.74 Å². The van der Waals surface area contributed by atoms with Crippen molar-refractivity contribution in [2.45, 2.75) is 31.3 Å². The van der Waals surface area contributed by atoms with E-state index in [-0.39, 0.29) is 23.9 Å². The van der Waals surface area contributed by atoms with E-state index >= 15 is 0 Å². The first-order valence-corrected chi connectivity index (χ1v) is 11.7. The van der Waals surface area contributed by atoms with E-state index in [1.165, 1.54) is 25.3 Å². The van der Waals surface area contributed by atoms with Crippen molar-refractivity contribution in [2.24, 2.45) is 0 Å². The summed E-state index contributed by atoms with van der Waals surface area (Å²) in [5.41, 5.74) is 2.19. The highest BCUT2D eigenvalue weighted by molar-refractivity contribution is 5.89. The lowest BCUT2D eigenvalue weighted by Crippen LogP contribution is -2.45. The number of allylic oxidation sites excluding steroid dienone is 1. The van der Waals surface area contributed by atoms with Crippen molar-refractivity contribution < 1.29 is 23.4 Å². The second-order valence-electron chi connectivity index (χ2n) is 8.86. The lowest BCUT2D eigenvalue weighted by molar-refractivity contribution is -0.134. The number of amides is 1. The number of nitrogens with zero attached hydrogens (tertiary/aromatic N) is 1. The average molecular weight is 478 g/mol. The maximum Gasteiger partial charge on any atom is 0.227 e. The van der Waals surface area contributed by atoms with E-state index in [0.29, 0.717) is 37.9 Å². The van der Waals surface area contributed by atoms with E-state index in [2.05, 4.69) is 0 Å². The van der Waals surface area contributed by atoms with E-state index < -0.39 is 11.4 Å². The third-order valence-electron chi connectivity index (χ3n) is 6.61. The van der Waals surface area contributed by atoms with Gasteiger partial charge in [0.15, 0.2) is 11.6 Å². The fourth-order valence-corrected chi connectivity index (χ4v) is 4.47. The summed E-state index contributed by atoms with van der Waals surface area (Å²) in [5.74, 6) is -0.593. The van der Waals surface area contributed by atoms with Crippen LogP contribution in [-0.4, -0.2) is 36.1 Å². The molecule has 1 fully saturated rings. The Morgan fingerprint density at radius 2 is 1.71 bits per heavy atom. The first-order chi connectivity index (χ1) is 16.9. The molecule has 0 saturated carbocycles. The van der Waals surface area contributed by atoms with Crippen molar-refractivity contribution in [3.63, 3.8) is 0 Å². The lowest BCUT2D eigenvalue weighted by Gasteiger charge is -2.38. The normalized spacial score (nSPS) is 15.7. The topological polar surface area (TPSA) is 49.8 Å². The third-order valence-corrected chi connectivity index (χ3v) is 6.61. The number of carbonyl (C=O) groups is 1. The number of carbonyl (C=O) groups excluding carboxylic acids is 1. The molecule has 35 heavy (non-hydrogen) atoms. The van der Waals surface area contributed by atoms with Gasteiger partial charge in [-0.1, -0.05) is 54.6 Å². The van der Waals surface area contributed by atoms with Crippen molar-refractivity contribution in [2.75, 3.05) is 20.2 Å². The number of rotatable bonds is 7. The fourth-order valence-electron chi connectivity index (χ4n) is 4.47. The minimum atomic E-state index is -1.07. The lowest BCUT2D eigenvalue weighted by atomic mass is 9.84. The van der Waals surface area contributed by atoms with Crippen molar-refractivity contribution in [3.8, 4) is 5.75 Å². The molecule has 0 radical (unpaired) electrons.